The molecule has 2 aromatic rings. The van der Waals surface area contributed by atoms with Crippen molar-refractivity contribution in [3.8, 4) is 0 Å². The molecule has 0 fully saturated rings. The first-order valence-electron chi connectivity index (χ1n) is 5.85. The Hall–Kier alpha value is -2.52. The third-order valence-corrected chi connectivity index (χ3v) is 4.05. The number of sulfonamides is 1. The lowest BCUT2D eigenvalue weighted by Gasteiger charge is -2.10. The highest BCUT2D eigenvalue weighted by Crippen LogP contribution is 2.20. The molecule has 0 aliphatic heterocycles. The number of nitrogens with one attached hydrogen (secondary N) is 1. The van der Waals surface area contributed by atoms with Crippen molar-refractivity contribution < 1.29 is 13.3 Å². The van der Waals surface area contributed by atoms with Gasteiger partial charge in [0, 0.05) is 12.6 Å². The van der Waals surface area contributed by atoms with Gasteiger partial charge in [0.25, 0.3) is 10.0 Å². The van der Waals surface area contributed by atoms with Gasteiger partial charge in [-0.1, -0.05) is 18.2 Å². The fourth-order valence-electron chi connectivity index (χ4n) is 1.64. The van der Waals surface area contributed by atoms with Crippen LogP contribution in [0.15, 0.2) is 47.5 Å². The van der Waals surface area contributed by atoms with Crippen LogP contribution in [0.5, 0.6) is 0 Å². The molecule has 0 amide bonds. The third-order valence-electron chi connectivity index (χ3n) is 2.70. The van der Waals surface area contributed by atoms with Crippen molar-refractivity contribution in [3.63, 3.8) is 0 Å². The Labute approximate surface area is 120 Å². The second-order valence-electron chi connectivity index (χ2n) is 4.08. The fraction of sp³-hybridized carbons (Fsp3) is 0.0833. The Morgan fingerprint density at radius 2 is 1.95 bits per heavy atom. The van der Waals surface area contributed by atoms with E-state index < -0.39 is 20.8 Å². The van der Waals surface area contributed by atoms with Gasteiger partial charge in [-0.3, -0.25) is 4.72 Å². The maximum Gasteiger partial charge on any atom is 0.363 e. The Balaban J connectivity index is 2.32. The summed E-state index contributed by atoms with van der Waals surface area (Å²) in [6.07, 6.45) is 0.936. The van der Waals surface area contributed by atoms with Crippen LogP contribution in [0.25, 0.3) is 0 Å². The lowest BCUT2D eigenvalue weighted by Crippen LogP contribution is -2.15. The average Bonchev–Trinajstić information content (AvgIpc) is 2.47. The predicted octanol–water partition coefficient (Wildman–Crippen LogP) is 1.25. The van der Waals surface area contributed by atoms with Crippen LogP contribution in [0.1, 0.15) is 5.56 Å². The summed E-state index contributed by atoms with van der Waals surface area (Å²) in [5.41, 5.74) is 6.53. The zero-order chi connectivity index (χ0) is 15.5. The van der Waals surface area contributed by atoms with Crippen LogP contribution in [0.2, 0.25) is 0 Å². The van der Waals surface area contributed by atoms with Crippen LogP contribution in [0, 0.1) is 10.1 Å². The minimum absolute atomic E-state index is 0.167. The van der Waals surface area contributed by atoms with Gasteiger partial charge in [-0.25, -0.2) is 8.42 Å². The highest BCUT2D eigenvalue weighted by Gasteiger charge is 2.19. The molecule has 0 radical (unpaired) electrons. The summed E-state index contributed by atoms with van der Waals surface area (Å²) in [5.74, 6) is -0.420. The minimum atomic E-state index is -3.88. The standard InChI is InChI=1S/C12H12N4O4S/c13-7-9-3-1-2-4-11(9)15-21(19,20)10-5-6-12(14-8-10)16(17)18/h1-6,8,15H,7,13H2. The average molecular weight is 308 g/mol. The molecule has 0 bridgehead atoms. The topological polar surface area (TPSA) is 128 Å². The fourth-order valence-corrected chi connectivity index (χ4v) is 2.69. The first-order chi connectivity index (χ1) is 9.94. The maximum atomic E-state index is 12.2. The third kappa shape index (κ3) is 3.33. The van der Waals surface area contributed by atoms with E-state index >= 15 is 0 Å². The van der Waals surface area contributed by atoms with E-state index in [-0.39, 0.29) is 11.4 Å². The van der Waals surface area contributed by atoms with E-state index in [1.165, 1.54) is 0 Å². The van der Waals surface area contributed by atoms with E-state index in [0.29, 0.717) is 11.3 Å². The van der Waals surface area contributed by atoms with E-state index in [1.807, 2.05) is 0 Å². The Morgan fingerprint density at radius 1 is 1.24 bits per heavy atom. The van der Waals surface area contributed by atoms with Crippen molar-refractivity contribution >= 4 is 21.5 Å². The molecule has 3 N–H and O–H groups in total. The zero-order valence-electron chi connectivity index (χ0n) is 10.8. The van der Waals surface area contributed by atoms with E-state index in [2.05, 4.69) is 9.71 Å². The largest absolute Gasteiger partial charge is 0.363 e. The van der Waals surface area contributed by atoms with Gasteiger partial charge in [0.1, 0.15) is 4.90 Å². The quantitative estimate of drug-likeness (QED) is 0.632. The van der Waals surface area contributed by atoms with Gasteiger partial charge in [0.2, 0.25) is 0 Å². The first kappa shape index (κ1) is 14.9. The summed E-state index contributed by atoms with van der Waals surface area (Å²) in [6.45, 7) is 0.178. The van der Waals surface area contributed by atoms with Crippen molar-refractivity contribution in [2.24, 2.45) is 5.73 Å². The number of nitrogens with zero attached hydrogens (tertiary/aromatic N) is 2. The summed E-state index contributed by atoms with van der Waals surface area (Å²) in [4.78, 5) is 13.1. The van der Waals surface area contributed by atoms with Gasteiger partial charge < -0.3 is 15.8 Å². The highest BCUT2D eigenvalue weighted by molar-refractivity contribution is 7.92. The molecule has 21 heavy (non-hydrogen) atoms. The van der Waals surface area contributed by atoms with Gasteiger partial charge in [-0.05, 0) is 27.6 Å². The molecule has 1 aromatic heterocycles. The number of benzene rings is 1. The lowest BCUT2D eigenvalue weighted by molar-refractivity contribution is -0.389. The molecule has 0 saturated carbocycles. The van der Waals surface area contributed by atoms with E-state index in [4.69, 9.17) is 5.73 Å². The van der Waals surface area contributed by atoms with Crippen molar-refractivity contribution in [1.82, 2.24) is 4.98 Å². The molecule has 9 heteroatoms. The number of pyridine rings is 1. The first-order valence-corrected chi connectivity index (χ1v) is 7.33. The van der Waals surface area contributed by atoms with Crippen molar-refractivity contribution in [2.75, 3.05) is 4.72 Å². The van der Waals surface area contributed by atoms with Crippen molar-refractivity contribution in [1.29, 1.82) is 0 Å². The van der Waals surface area contributed by atoms with Crippen LogP contribution in [0.3, 0.4) is 0 Å². The molecule has 110 valence electrons. The van der Waals surface area contributed by atoms with Gasteiger partial charge in [0.05, 0.1) is 5.69 Å². The Bertz CT molecular complexity index is 759. The summed E-state index contributed by atoms with van der Waals surface area (Å²) in [5, 5.41) is 10.5. The molecule has 1 aromatic carbocycles. The molecule has 8 nitrogen and oxygen atoms in total. The number of para-hydroxylation sites is 1. The van der Waals surface area contributed by atoms with Crippen LogP contribution in [0.4, 0.5) is 11.5 Å². The van der Waals surface area contributed by atoms with E-state index in [9.17, 15) is 18.5 Å². The molecule has 2 rings (SSSR count). The minimum Gasteiger partial charge on any atom is -0.358 e. The Morgan fingerprint density at radius 3 is 2.52 bits per heavy atom. The summed E-state index contributed by atoms with van der Waals surface area (Å²) < 4.78 is 26.8. The second kappa shape index (κ2) is 5.85. The van der Waals surface area contributed by atoms with Crippen molar-refractivity contribution in [2.45, 2.75) is 11.4 Å². The highest BCUT2D eigenvalue weighted by atomic mass is 32.2. The van der Waals surface area contributed by atoms with Crippen LogP contribution < -0.4 is 10.5 Å². The molecular formula is C12H12N4O4S. The van der Waals surface area contributed by atoms with Crippen LogP contribution >= 0.6 is 0 Å². The SMILES string of the molecule is NCc1ccccc1NS(=O)(=O)c1ccc([N+](=O)[O-])nc1. The molecule has 1 heterocycles. The monoisotopic (exact) mass is 308 g/mol. The number of hydrogen-bond acceptors (Lipinski definition) is 6. The van der Waals surface area contributed by atoms with Crippen LogP contribution in [-0.2, 0) is 16.6 Å². The molecule has 0 aliphatic carbocycles. The second-order valence-corrected chi connectivity index (χ2v) is 5.76. The Kier molecular flexibility index (Phi) is 4.15. The summed E-state index contributed by atoms with van der Waals surface area (Å²) >= 11 is 0. The number of aromatic nitrogens is 1. The number of hydrogen-bond donors (Lipinski definition) is 2. The molecule has 0 atom stereocenters. The van der Waals surface area contributed by atoms with Gasteiger partial charge >= 0.3 is 5.82 Å². The lowest BCUT2D eigenvalue weighted by atomic mass is 10.2. The smallest absolute Gasteiger partial charge is 0.358 e. The number of nitro groups is 1. The molecule has 0 saturated heterocycles. The van der Waals surface area contributed by atoms with Crippen LogP contribution in [-0.4, -0.2) is 18.3 Å². The summed E-state index contributed by atoms with van der Waals surface area (Å²) in [6, 6.07) is 8.85. The van der Waals surface area contributed by atoms with Gasteiger partial charge in [-0.15, -0.1) is 0 Å². The predicted molar refractivity (Wildman–Crippen MR) is 76.0 cm³/mol. The number of nitrogens with two attached hydrogens (primary N) is 1. The molecular weight excluding hydrogens is 296 g/mol. The molecule has 0 unspecified atom stereocenters. The van der Waals surface area contributed by atoms with E-state index in [1.54, 1.807) is 24.3 Å². The number of rotatable bonds is 5. The van der Waals surface area contributed by atoms with Gasteiger partial charge in [-0.2, -0.15) is 0 Å². The normalized spacial score (nSPS) is 11.1. The number of anilines is 1. The zero-order valence-corrected chi connectivity index (χ0v) is 11.6. The molecule has 0 spiro atoms. The van der Waals surface area contributed by atoms with Crippen molar-refractivity contribution in [3.05, 3.63) is 58.3 Å². The van der Waals surface area contributed by atoms with E-state index in [0.717, 1.165) is 18.3 Å². The van der Waals surface area contributed by atoms with Gasteiger partial charge in [0.15, 0.2) is 6.20 Å². The molecule has 0 aliphatic rings. The summed E-state index contributed by atoms with van der Waals surface area (Å²) in [7, 11) is -3.88. The maximum absolute atomic E-state index is 12.2.